The third-order valence-electron chi connectivity index (χ3n) is 0. The fourth-order valence-electron chi connectivity index (χ4n) is 0. The summed E-state index contributed by atoms with van der Waals surface area (Å²) in [6, 6.07) is 0. The summed E-state index contributed by atoms with van der Waals surface area (Å²) in [5.74, 6) is 0. The van der Waals surface area contributed by atoms with Gasteiger partial charge in [0.05, 0.1) is 0 Å². The SMILES string of the molecule is [CsH].[KH].[LiH].[RbH]. The van der Waals surface area contributed by atoms with Crippen LogP contribution in [0.5, 0.6) is 0 Å². The van der Waals surface area contributed by atoms with Crippen LogP contribution in [0.1, 0.15) is 0 Å². The minimum absolute atomic E-state index is 0. The van der Waals surface area contributed by atoms with Gasteiger partial charge < -0.3 is 0 Å². The molecule has 0 fully saturated rings. The molecule has 0 N–H and O–H groups in total. The second-order valence-electron chi connectivity index (χ2n) is 0. The molecule has 0 rings (SSSR count). The molecular weight excluding hydrogens is 264 g/mol. The van der Waals surface area contributed by atoms with Gasteiger partial charge in [-0.15, -0.1) is 0 Å². The van der Waals surface area contributed by atoms with E-state index in [-0.39, 0.29) is 197 Å². The Morgan fingerprint density at radius 1 is 1.00 bits per heavy atom. The molecule has 0 aromatic rings. The molecule has 0 aliphatic carbocycles. The molecule has 0 aliphatic heterocycles. The Bertz CT molecular complexity index is 8.00. The molecule has 0 aromatic carbocycles. The van der Waals surface area contributed by atoms with Gasteiger partial charge in [-0.3, -0.25) is 0 Å². The molecule has 0 atom stereocenters. The first kappa shape index (κ1) is 22.5. The predicted molar refractivity (Wildman–Crippen MR) is 28.6 cm³/mol. The van der Waals surface area contributed by atoms with E-state index in [1.54, 1.807) is 0 Å². The third-order valence-corrected chi connectivity index (χ3v) is 0. The summed E-state index contributed by atoms with van der Waals surface area (Å²) in [7, 11) is 0. The van der Waals surface area contributed by atoms with Crippen molar-refractivity contribution < 1.29 is 0 Å². The van der Waals surface area contributed by atoms with Gasteiger partial charge in [0.15, 0.2) is 0 Å². The Kier molecular flexibility index (Phi) is 90.1. The van der Waals surface area contributed by atoms with Crippen molar-refractivity contribution in [1.29, 1.82) is 0 Å². The second kappa shape index (κ2) is 16.0. The van der Waals surface area contributed by atoms with Gasteiger partial charge in [-0.25, -0.2) is 0 Å². The van der Waals surface area contributed by atoms with Gasteiger partial charge in [-0.05, 0) is 0 Å². The zero-order valence-electron chi connectivity index (χ0n) is 0. The number of hydrogen-bond acceptors (Lipinski definition) is 0. The topological polar surface area (TPSA) is 0 Å². The molecule has 0 saturated heterocycles. The van der Waals surface area contributed by atoms with E-state index < -0.39 is 0 Å². The summed E-state index contributed by atoms with van der Waals surface area (Å²) in [5, 5.41) is 0. The number of rotatable bonds is 0. The molecule has 4 heteroatoms. The van der Waals surface area contributed by atoms with E-state index >= 15 is 0 Å². The quantitative estimate of drug-likeness (QED) is 0.423. The molecule has 0 heterocycles. The maximum absolute atomic E-state index is 0. The van der Waals surface area contributed by atoms with Crippen LogP contribution >= 0.6 is 0 Å². The molecule has 4 heavy (non-hydrogen) atoms. The molecular formula is H4CsKLiRb. The van der Waals surface area contributed by atoms with Crippen molar-refractivity contribution in [2.24, 2.45) is 0 Å². The molecule has 0 unspecified atom stereocenters. The maximum atomic E-state index is 0. The second-order valence-corrected chi connectivity index (χ2v) is 0. The van der Waals surface area contributed by atoms with Crippen LogP contribution in [-0.4, -0.2) is 197 Å². The Labute approximate surface area is 189 Å². The average Bonchev–Trinajstić information content (AvgIpc) is 0. The normalized spacial score (nSPS) is 0. The van der Waals surface area contributed by atoms with Crippen molar-refractivity contribution >= 4 is 197 Å². The Morgan fingerprint density at radius 2 is 1.00 bits per heavy atom. The zero-order valence-corrected chi connectivity index (χ0v) is 0. The van der Waals surface area contributed by atoms with E-state index in [2.05, 4.69) is 0 Å². The summed E-state index contributed by atoms with van der Waals surface area (Å²) in [5.41, 5.74) is 0. The zero-order chi connectivity index (χ0) is 0. The average molecular weight is 268 g/mol. The van der Waals surface area contributed by atoms with Crippen LogP contribution in [0.25, 0.3) is 0 Å². The Hall–Kier alpha value is 6.09. The van der Waals surface area contributed by atoms with E-state index in [9.17, 15) is 0 Å². The first-order valence-corrected chi connectivity index (χ1v) is 0. The molecule has 0 bridgehead atoms. The van der Waals surface area contributed by atoms with Crippen LogP contribution in [-0.2, 0) is 0 Å². The minimum atomic E-state index is 0. The molecule has 0 saturated carbocycles. The van der Waals surface area contributed by atoms with Crippen molar-refractivity contribution in [1.82, 2.24) is 0 Å². The van der Waals surface area contributed by atoms with Gasteiger partial charge in [0, 0.05) is 0 Å². The Balaban J connectivity index is 0. The predicted octanol–water partition coefficient (Wildman–Crippen LogP) is -2.59. The molecule has 0 radical (unpaired) electrons. The van der Waals surface area contributed by atoms with Crippen molar-refractivity contribution in [3.63, 3.8) is 0 Å². The fourth-order valence-corrected chi connectivity index (χ4v) is 0. The van der Waals surface area contributed by atoms with Gasteiger partial charge in [-0.2, -0.15) is 0 Å². The van der Waals surface area contributed by atoms with Crippen LogP contribution < -0.4 is 0 Å². The van der Waals surface area contributed by atoms with Gasteiger partial charge in [0.25, 0.3) is 0 Å². The van der Waals surface area contributed by atoms with Crippen molar-refractivity contribution in [2.45, 2.75) is 0 Å². The molecule has 0 aliphatic rings. The molecule has 8 valence electrons. The standard InChI is InChI=1S/Cs.K.Li.Rb.4H. The van der Waals surface area contributed by atoms with Crippen LogP contribution in [0.2, 0.25) is 0 Å². The molecule has 0 nitrogen and oxygen atoms in total. The van der Waals surface area contributed by atoms with Gasteiger partial charge in [0.1, 0.15) is 0 Å². The van der Waals surface area contributed by atoms with Crippen molar-refractivity contribution in [3.05, 3.63) is 0 Å². The fraction of sp³-hybridized carbons (Fsp3) is 0. The third kappa shape index (κ3) is 11.0. The van der Waals surface area contributed by atoms with Gasteiger partial charge in [-0.1, -0.05) is 0 Å². The van der Waals surface area contributed by atoms with E-state index in [4.69, 9.17) is 0 Å². The molecule has 0 amide bonds. The van der Waals surface area contributed by atoms with Crippen molar-refractivity contribution in [3.8, 4) is 0 Å². The van der Waals surface area contributed by atoms with Crippen LogP contribution in [0.4, 0.5) is 0 Å². The van der Waals surface area contributed by atoms with Crippen LogP contribution in [0.15, 0.2) is 0 Å². The van der Waals surface area contributed by atoms with Gasteiger partial charge >= 0.3 is 197 Å². The summed E-state index contributed by atoms with van der Waals surface area (Å²) >= 11 is 0. The van der Waals surface area contributed by atoms with E-state index in [0.29, 0.717) is 0 Å². The van der Waals surface area contributed by atoms with Crippen LogP contribution in [0.3, 0.4) is 0 Å². The van der Waals surface area contributed by atoms with E-state index in [1.807, 2.05) is 0 Å². The van der Waals surface area contributed by atoms with Crippen LogP contribution in [0, 0.1) is 0 Å². The van der Waals surface area contributed by atoms with Crippen molar-refractivity contribution in [2.75, 3.05) is 0 Å². The summed E-state index contributed by atoms with van der Waals surface area (Å²) in [6.45, 7) is 0. The summed E-state index contributed by atoms with van der Waals surface area (Å²) < 4.78 is 0. The first-order chi connectivity index (χ1) is 0. The van der Waals surface area contributed by atoms with E-state index in [1.165, 1.54) is 0 Å². The molecule has 0 aromatic heterocycles. The number of hydrogen-bond donors (Lipinski definition) is 0. The first-order valence-electron chi connectivity index (χ1n) is 0. The Morgan fingerprint density at radius 3 is 1.00 bits per heavy atom. The summed E-state index contributed by atoms with van der Waals surface area (Å²) in [4.78, 5) is 0. The van der Waals surface area contributed by atoms with E-state index in [0.717, 1.165) is 0 Å². The monoisotopic (exact) mass is 268 g/mol. The summed E-state index contributed by atoms with van der Waals surface area (Å²) in [6.07, 6.45) is 0. The molecule has 0 spiro atoms. The van der Waals surface area contributed by atoms with Gasteiger partial charge in [0.2, 0.25) is 0 Å².